The Morgan fingerprint density at radius 3 is 1.94 bits per heavy atom. The summed E-state index contributed by atoms with van der Waals surface area (Å²) < 4.78 is 23.1. The molecule has 0 atom stereocenters. The van der Waals surface area contributed by atoms with E-state index in [4.69, 9.17) is 9.05 Å². The summed E-state index contributed by atoms with van der Waals surface area (Å²) in [5.41, 5.74) is -0.601. The van der Waals surface area contributed by atoms with Crippen LogP contribution in [-0.4, -0.2) is 29.1 Å². The monoisotopic (exact) mass is 250 g/mol. The molecule has 1 fully saturated rings. The predicted molar refractivity (Wildman–Crippen MR) is 63.7 cm³/mol. The van der Waals surface area contributed by atoms with Crippen LogP contribution in [0.1, 0.15) is 47.0 Å². The Morgan fingerprint density at radius 1 is 1.19 bits per heavy atom. The summed E-state index contributed by atoms with van der Waals surface area (Å²) in [6, 6.07) is 0. The van der Waals surface area contributed by atoms with Gasteiger partial charge in [0.05, 0.1) is 24.0 Å². The lowest BCUT2D eigenvalue weighted by molar-refractivity contribution is 0.124. The van der Waals surface area contributed by atoms with Crippen LogP contribution in [0, 0.1) is 0 Å². The average molecular weight is 250 g/mol. The highest BCUT2D eigenvalue weighted by molar-refractivity contribution is 7.53. The van der Waals surface area contributed by atoms with Crippen molar-refractivity contribution in [1.29, 1.82) is 0 Å². The van der Waals surface area contributed by atoms with Crippen molar-refractivity contribution < 1.29 is 18.7 Å². The van der Waals surface area contributed by atoms with Crippen molar-refractivity contribution in [2.75, 3.05) is 6.16 Å². The van der Waals surface area contributed by atoms with Crippen LogP contribution in [0.5, 0.6) is 0 Å². The molecule has 0 aromatic rings. The molecule has 0 radical (unpaired) electrons. The molecule has 16 heavy (non-hydrogen) atoms. The van der Waals surface area contributed by atoms with Crippen LogP contribution in [-0.2, 0) is 13.6 Å². The fourth-order valence-electron chi connectivity index (χ4n) is 1.51. The van der Waals surface area contributed by atoms with Crippen molar-refractivity contribution in [3.05, 3.63) is 0 Å². The first-order chi connectivity index (χ1) is 7.25. The number of rotatable bonds is 7. The van der Waals surface area contributed by atoms with Gasteiger partial charge in [0.2, 0.25) is 0 Å². The molecular formula is C11H23O4P. The fourth-order valence-corrected chi connectivity index (χ4v) is 3.75. The van der Waals surface area contributed by atoms with Crippen molar-refractivity contribution in [3.8, 4) is 0 Å². The minimum atomic E-state index is -3.05. The molecule has 0 heterocycles. The van der Waals surface area contributed by atoms with Gasteiger partial charge in [-0.15, -0.1) is 0 Å². The zero-order chi connectivity index (χ0) is 12.4. The minimum absolute atomic E-state index is 0.126. The molecule has 1 aliphatic rings. The Kier molecular flexibility index (Phi) is 4.58. The third-order valence-corrected chi connectivity index (χ3v) is 4.68. The molecule has 1 saturated carbocycles. The van der Waals surface area contributed by atoms with Crippen LogP contribution in [0.4, 0.5) is 0 Å². The largest absolute Gasteiger partial charge is 0.390 e. The highest BCUT2D eigenvalue weighted by Gasteiger charge is 2.42. The predicted octanol–water partition coefficient (Wildman–Crippen LogP) is 2.94. The molecule has 1 rings (SSSR count). The lowest BCUT2D eigenvalue weighted by Crippen LogP contribution is -2.15. The van der Waals surface area contributed by atoms with E-state index in [1.165, 1.54) is 0 Å². The van der Waals surface area contributed by atoms with E-state index in [1.807, 2.05) is 27.7 Å². The molecule has 1 N–H and O–H groups in total. The van der Waals surface area contributed by atoms with Crippen LogP contribution in [0.2, 0.25) is 0 Å². The van der Waals surface area contributed by atoms with E-state index in [1.54, 1.807) is 0 Å². The van der Waals surface area contributed by atoms with Crippen LogP contribution in [0.3, 0.4) is 0 Å². The zero-order valence-electron chi connectivity index (χ0n) is 10.6. The van der Waals surface area contributed by atoms with Gasteiger partial charge in [0, 0.05) is 0 Å². The van der Waals surface area contributed by atoms with E-state index in [2.05, 4.69) is 0 Å². The molecule has 0 aromatic carbocycles. The van der Waals surface area contributed by atoms with Crippen molar-refractivity contribution >= 4 is 7.60 Å². The first kappa shape index (κ1) is 14.2. The third kappa shape index (κ3) is 4.96. The third-order valence-electron chi connectivity index (χ3n) is 2.42. The normalized spacial score (nSPS) is 19.4. The average Bonchev–Trinajstić information content (AvgIpc) is 2.79. The van der Waals surface area contributed by atoms with Gasteiger partial charge >= 0.3 is 7.60 Å². The van der Waals surface area contributed by atoms with Gasteiger partial charge in [-0.25, -0.2) is 0 Å². The van der Waals surface area contributed by atoms with Crippen molar-refractivity contribution in [3.63, 3.8) is 0 Å². The summed E-state index contributed by atoms with van der Waals surface area (Å²) in [5.74, 6) is 0. The first-order valence-electron chi connectivity index (χ1n) is 5.93. The molecule has 0 amide bonds. The van der Waals surface area contributed by atoms with Gasteiger partial charge in [-0.1, -0.05) is 0 Å². The lowest BCUT2D eigenvalue weighted by Gasteiger charge is -2.23. The molecule has 0 unspecified atom stereocenters. The molecule has 96 valence electrons. The fraction of sp³-hybridized carbons (Fsp3) is 1.00. The minimum Gasteiger partial charge on any atom is -0.390 e. The van der Waals surface area contributed by atoms with Crippen LogP contribution in [0.15, 0.2) is 0 Å². The van der Waals surface area contributed by atoms with E-state index in [0.717, 1.165) is 12.8 Å². The van der Waals surface area contributed by atoms with E-state index in [0.29, 0.717) is 12.6 Å². The Labute approximate surface area is 97.9 Å². The summed E-state index contributed by atoms with van der Waals surface area (Å²) in [5, 5.41) is 9.73. The quantitative estimate of drug-likeness (QED) is 0.706. The second-order valence-electron chi connectivity index (χ2n) is 5.12. The van der Waals surface area contributed by atoms with Gasteiger partial charge in [-0.05, 0) is 47.0 Å². The molecule has 0 aromatic heterocycles. The Bertz CT molecular complexity index is 257. The second-order valence-corrected chi connectivity index (χ2v) is 7.21. The van der Waals surface area contributed by atoms with Gasteiger partial charge in [-0.3, -0.25) is 4.57 Å². The second kappa shape index (κ2) is 5.18. The highest BCUT2D eigenvalue weighted by Crippen LogP contribution is 2.53. The summed E-state index contributed by atoms with van der Waals surface area (Å²) in [4.78, 5) is 0. The SMILES string of the molecule is CC(C)OP(=O)(CCC1(O)CC1)OC(C)C. The number of hydrogen-bond donors (Lipinski definition) is 1. The smallest absolute Gasteiger partial charge is 0.331 e. The van der Waals surface area contributed by atoms with E-state index in [-0.39, 0.29) is 12.2 Å². The Balaban J connectivity index is 2.51. The van der Waals surface area contributed by atoms with Gasteiger partial charge in [-0.2, -0.15) is 0 Å². The molecule has 1 aliphatic carbocycles. The lowest BCUT2D eigenvalue weighted by atomic mass is 10.3. The molecular weight excluding hydrogens is 227 g/mol. The Morgan fingerprint density at radius 2 is 1.62 bits per heavy atom. The van der Waals surface area contributed by atoms with E-state index in [9.17, 15) is 9.67 Å². The number of aliphatic hydroxyl groups is 1. The molecule has 4 nitrogen and oxygen atoms in total. The molecule has 0 bridgehead atoms. The maximum atomic E-state index is 12.4. The molecule has 0 saturated heterocycles. The summed E-state index contributed by atoms with van der Waals surface area (Å²) in [6.45, 7) is 7.34. The topological polar surface area (TPSA) is 55.8 Å². The first-order valence-corrected chi connectivity index (χ1v) is 7.66. The van der Waals surface area contributed by atoms with E-state index < -0.39 is 13.2 Å². The molecule has 0 spiro atoms. The molecule has 5 heteroatoms. The van der Waals surface area contributed by atoms with Crippen molar-refractivity contribution in [2.45, 2.75) is 64.8 Å². The van der Waals surface area contributed by atoms with Gasteiger partial charge in [0.15, 0.2) is 0 Å². The van der Waals surface area contributed by atoms with Crippen LogP contribution in [0.25, 0.3) is 0 Å². The maximum absolute atomic E-state index is 12.4. The summed E-state index contributed by atoms with van der Waals surface area (Å²) >= 11 is 0. The van der Waals surface area contributed by atoms with Gasteiger partial charge in [0.1, 0.15) is 0 Å². The maximum Gasteiger partial charge on any atom is 0.331 e. The zero-order valence-corrected chi connectivity index (χ0v) is 11.5. The van der Waals surface area contributed by atoms with Crippen LogP contribution < -0.4 is 0 Å². The van der Waals surface area contributed by atoms with E-state index >= 15 is 0 Å². The van der Waals surface area contributed by atoms with Crippen molar-refractivity contribution in [1.82, 2.24) is 0 Å². The number of hydrogen-bond acceptors (Lipinski definition) is 4. The standard InChI is InChI=1S/C11H23O4P/c1-9(2)14-16(13,15-10(3)4)8-7-11(12)5-6-11/h9-10,12H,5-8H2,1-4H3. The van der Waals surface area contributed by atoms with Gasteiger partial charge < -0.3 is 14.2 Å². The Hall–Kier alpha value is 0.110. The van der Waals surface area contributed by atoms with Crippen LogP contribution >= 0.6 is 7.60 Å². The van der Waals surface area contributed by atoms with Crippen molar-refractivity contribution in [2.24, 2.45) is 0 Å². The highest BCUT2D eigenvalue weighted by atomic mass is 31.2. The summed E-state index contributed by atoms with van der Waals surface area (Å²) in [7, 11) is -3.05. The van der Waals surface area contributed by atoms with Gasteiger partial charge in [0.25, 0.3) is 0 Å². The summed E-state index contributed by atoms with van der Waals surface area (Å²) in [6.07, 6.45) is 2.16. The molecule has 0 aliphatic heterocycles.